The summed E-state index contributed by atoms with van der Waals surface area (Å²) >= 11 is 0. The molecular weight excluding hydrogens is 342 g/mol. The zero-order chi connectivity index (χ0) is 18.8. The number of anilines is 2. The van der Waals surface area contributed by atoms with Crippen LogP contribution in [-0.4, -0.2) is 36.2 Å². The van der Waals surface area contributed by atoms with Gasteiger partial charge >= 0.3 is 6.03 Å². The maximum atomic E-state index is 11.8. The van der Waals surface area contributed by atoms with E-state index in [1.54, 1.807) is 24.3 Å². The lowest BCUT2D eigenvalue weighted by atomic mass is 10.0. The fraction of sp³-hybridized carbons (Fsp3) is 0.250. The number of nitrogens with one attached hydrogen (secondary N) is 2. The lowest BCUT2D eigenvalue weighted by molar-refractivity contribution is 0.252. The van der Waals surface area contributed by atoms with E-state index < -0.39 is 0 Å². The monoisotopic (exact) mass is 363 g/mol. The van der Waals surface area contributed by atoms with Gasteiger partial charge < -0.3 is 15.4 Å². The second-order valence-electron chi connectivity index (χ2n) is 6.46. The number of nitrogens with zero attached hydrogens (tertiary/aromatic N) is 3. The second-order valence-corrected chi connectivity index (χ2v) is 6.46. The van der Waals surface area contributed by atoms with Gasteiger partial charge in [0, 0.05) is 19.3 Å². The van der Waals surface area contributed by atoms with E-state index in [0.717, 1.165) is 22.1 Å². The summed E-state index contributed by atoms with van der Waals surface area (Å²) in [5.41, 5.74) is 1.13. The summed E-state index contributed by atoms with van der Waals surface area (Å²) in [4.78, 5) is 22.2. The quantitative estimate of drug-likeness (QED) is 0.727. The van der Waals surface area contributed by atoms with Gasteiger partial charge in [0.05, 0.1) is 13.2 Å². The molecule has 3 aromatic rings. The molecule has 2 N–H and O–H groups in total. The molecule has 138 valence electrons. The van der Waals surface area contributed by atoms with Crippen LogP contribution in [0, 0.1) is 0 Å². The van der Waals surface area contributed by atoms with Crippen LogP contribution in [0.5, 0.6) is 5.75 Å². The Labute approximate surface area is 157 Å². The van der Waals surface area contributed by atoms with Crippen LogP contribution < -0.4 is 20.3 Å². The van der Waals surface area contributed by atoms with Gasteiger partial charge in [-0.2, -0.15) is 4.98 Å². The van der Waals surface area contributed by atoms with Gasteiger partial charge in [-0.15, -0.1) is 0 Å². The Balaban J connectivity index is 1.54. The van der Waals surface area contributed by atoms with Gasteiger partial charge in [-0.3, -0.25) is 4.90 Å². The van der Waals surface area contributed by atoms with Crippen molar-refractivity contribution in [2.45, 2.75) is 13.0 Å². The first-order valence-electron chi connectivity index (χ1n) is 8.87. The van der Waals surface area contributed by atoms with Crippen molar-refractivity contribution in [1.29, 1.82) is 0 Å². The first-order valence-corrected chi connectivity index (χ1v) is 8.87. The lowest BCUT2D eigenvalue weighted by Gasteiger charge is -2.17. The number of fused-ring (bicyclic) bond motifs is 1. The summed E-state index contributed by atoms with van der Waals surface area (Å²) in [6, 6.07) is 14.0. The molecule has 1 aliphatic heterocycles. The van der Waals surface area contributed by atoms with Gasteiger partial charge in [0.1, 0.15) is 11.6 Å². The highest BCUT2D eigenvalue weighted by molar-refractivity contribution is 5.93. The molecule has 2 aromatic carbocycles. The highest BCUT2D eigenvalue weighted by atomic mass is 16.5. The molecule has 4 rings (SSSR count). The number of ether oxygens (including phenoxy) is 1. The molecule has 7 nitrogen and oxygen atoms in total. The van der Waals surface area contributed by atoms with Gasteiger partial charge in [0.25, 0.3) is 0 Å². The standard InChI is InChI=1S/C20H21N5O2/c1-13(14-3-4-16-12-17(27-2)6-5-15(16)11-14)23-19-21-8-7-18(24-19)25-10-9-22-20(25)26/h3-8,11-13H,9-10H2,1-2H3,(H,22,26)(H,21,23,24). The first kappa shape index (κ1) is 17.1. The number of hydrogen-bond donors (Lipinski definition) is 2. The zero-order valence-electron chi connectivity index (χ0n) is 15.3. The molecule has 1 aliphatic rings. The molecule has 0 aliphatic carbocycles. The van der Waals surface area contributed by atoms with Crippen LogP contribution in [0.4, 0.5) is 16.6 Å². The predicted octanol–water partition coefficient (Wildman–Crippen LogP) is 3.34. The third-order valence-corrected chi connectivity index (χ3v) is 4.69. The molecule has 1 unspecified atom stereocenters. The molecule has 2 amide bonds. The number of methoxy groups -OCH3 is 1. The van der Waals surface area contributed by atoms with E-state index in [1.807, 2.05) is 18.2 Å². The number of carbonyl (C=O) groups excluding carboxylic acids is 1. The number of carbonyl (C=O) groups is 1. The molecule has 1 atom stereocenters. The van der Waals surface area contributed by atoms with Crippen molar-refractivity contribution in [3.8, 4) is 5.75 Å². The maximum Gasteiger partial charge on any atom is 0.323 e. The molecule has 1 fully saturated rings. The van der Waals surface area contributed by atoms with E-state index >= 15 is 0 Å². The van der Waals surface area contributed by atoms with Crippen molar-refractivity contribution in [3.63, 3.8) is 0 Å². The smallest absolute Gasteiger partial charge is 0.323 e. The van der Waals surface area contributed by atoms with Gasteiger partial charge in [-0.1, -0.05) is 18.2 Å². The number of aromatic nitrogens is 2. The average molecular weight is 363 g/mol. The molecule has 1 aromatic heterocycles. The number of rotatable bonds is 5. The van der Waals surface area contributed by atoms with Gasteiger partial charge in [-0.25, -0.2) is 9.78 Å². The van der Waals surface area contributed by atoms with Crippen LogP contribution >= 0.6 is 0 Å². The highest BCUT2D eigenvalue weighted by Crippen LogP contribution is 2.26. The fourth-order valence-corrected chi connectivity index (χ4v) is 3.17. The Kier molecular flexibility index (Phi) is 4.50. The number of hydrogen-bond acceptors (Lipinski definition) is 5. The molecule has 2 heterocycles. The summed E-state index contributed by atoms with van der Waals surface area (Å²) in [6.45, 7) is 3.30. The summed E-state index contributed by atoms with van der Waals surface area (Å²) in [7, 11) is 1.67. The van der Waals surface area contributed by atoms with Crippen LogP contribution in [0.2, 0.25) is 0 Å². The fourth-order valence-electron chi connectivity index (χ4n) is 3.17. The van der Waals surface area contributed by atoms with Crippen molar-refractivity contribution in [1.82, 2.24) is 15.3 Å². The number of urea groups is 1. The summed E-state index contributed by atoms with van der Waals surface area (Å²) < 4.78 is 5.28. The van der Waals surface area contributed by atoms with Crippen LogP contribution in [-0.2, 0) is 0 Å². The molecule has 0 bridgehead atoms. The third-order valence-electron chi connectivity index (χ3n) is 4.69. The van der Waals surface area contributed by atoms with Crippen molar-refractivity contribution in [2.24, 2.45) is 0 Å². The molecule has 0 saturated carbocycles. The number of amides is 2. The topological polar surface area (TPSA) is 79.4 Å². The molecule has 0 spiro atoms. The van der Waals surface area contributed by atoms with E-state index in [0.29, 0.717) is 24.9 Å². The Morgan fingerprint density at radius 2 is 2.00 bits per heavy atom. The highest BCUT2D eigenvalue weighted by Gasteiger charge is 2.22. The minimum atomic E-state index is -0.127. The van der Waals surface area contributed by atoms with E-state index in [2.05, 4.69) is 45.7 Å². The predicted molar refractivity (Wildman–Crippen MR) is 105 cm³/mol. The molecule has 7 heteroatoms. The summed E-state index contributed by atoms with van der Waals surface area (Å²) in [5, 5.41) is 8.37. The normalized spacial score (nSPS) is 14.9. The Bertz CT molecular complexity index is 991. The molecule has 1 saturated heterocycles. The zero-order valence-corrected chi connectivity index (χ0v) is 15.3. The summed E-state index contributed by atoms with van der Waals surface area (Å²) in [6.07, 6.45) is 1.66. The Hall–Kier alpha value is -3.35. The first-order chi connectivity index (χ1) is 13.1. The van der Waals surface area contributed by atoms with E-state index in [4.69, 9.17) is 4.74 Å². The van der Waals surface area contributed by atoms with Crippen LogP contribution in [0.15, 0.2) is 48.7 Å². The molecular formula is C20H21N5O2. The molecule has 27 heavy (non-hydrogen) atoms. The van der Waals surface area contributed by atoms with Crippen molar-refractivity contribution in [2.75, 3.05) is 30.4 Å². The van der Waals surface area contributed by atoms with E-state index in [1.165, 1.54) is 0 Å². The number of benzene rings is 2. The van der Waals surface area contributed by atoms with Crippen molar-refractivity contribution >= 4 is 28.6 Å². The minimum Gasteiger partial charge on any atom is -0.497 e. The minimum absolute atomic E-state index is 0.0131. The van der Waals surface area contributed by atoms with Crippen molar-refractivity contribution in [3.05, 3.63) is 54.2 Å². The average Bonchev–Trinajstić information content (AvgIpc) is 3.13. The van der Waals surface area contributed by atoms with Crippen molar-refractivity contribution < 1.29 is 9.53 Å². The second kappa shape index (κ2) is 7.11. The Morgan fingerprint density at radius 3 is 2.78 bits per heavy atom. The largest absolute Gasteiger partial charge is 0.497 e. The van der Waals surface area contributed by atoms with Gasteiger partial charge in [-0.05, 0) is 47.5 Å². The SMILES string of the molecule is COc1ccc2cc(C(C)Nc3nccc(N4CCNC4=O)n3)ccc2c1. The molecule has 0 radical (unpaired) electrons. The Morgan fingerprint density at radius 1 is 1.19 bits per heavy atom. The lowest BCUT2D eigenvalue weighted by Crippen LogP contribution is -2.28. The van der Waals surface area contributed by atoms with Crippen LogP contribution in [0.25, 0.3) is 10.8 Å². The summed E-state index contributed by atoms with van der Waals surface area (Å²) in [5.74, 6) is 1.94. The van der Waals surface area contributed by atoms with Gasteiger partial charge in [0.15, 0.2) is 0 Å². The van der Waals surface area contributed by atoms with Gasteiger partial charge in [0.2, 0.25) is 5.95 Å². The maximum absolute atomic E-state index is 11.8. The van der Waals surface area contributed by atoms with Crippen LogP contribution in [0.1, 0.15) is 18.5 Å². The third kappa shape index (κ3) is 3.48. The van der Waals surface area contributed by atoms with Crippen LogP contribution in [0.3, 0.4) is 0 Å². The van der Waals surface area contributed by atoms with E-state index in [-0.39, 0.29) is 12.1 Å². The van der Waals surface area contributed by atoms with E-state index in [9.17, 15) is 4.79 Å².